The quantitative estimate of drug-likeness (QED) is 0.618. The Morgan fingerprint density at radius 2 is 2.05 bits per heavy atom. The molecule has 0 atom stereocenters. The third kappa shape index (κ3) is 4.76. The highest BCUT2D eigenvalue weighted by Crippen LogP contribution is 2.10. The Morgan fingerprint density at radius 1 is 1.27 bits per heavy atom. The molecule has 1 aromatic carbocycles. The van der Waals surface area contributed by atoms with Crippen LogP contribution in [0.5, 0.6) is 5.75 Å². The molecule has 2 N–H and O–H groups in total. The van der Waals surface area contributed by atoms with Crippen LogP contribution in [0.3, 0.4) is 0 Å². The Hall–Kier alpha value is -2.57. The number of nitrogens with zero attached hydrogens (tertiary/aromatic N) is 3. The standard InChI is InChI=1S/C15H21N5O2/c1-11-19-14(22-20-11)8-9-17-15(16-2)18-10-12-4-6-13(21-3)7-5-12/h4-7H,8-10H2,1-3H3,(H2,16,17,18). The maximum atomic E-state index is 5.14. The molecule has 0 spiro atoms. The first-order valence-electron chi connectivity index (χ1n) is 7.08. The number of aryl methyl sites for hydroxylation is 1. The molecule has 1 heterocycles. The number of guanidine groups is 1. The minimum absolute atomic E-state index is 0.621. The first kappa shape index (κ1) is 15.8. The van der Waals surface area contributed by atoms with Crippen molar-refractivity contribution in [3.8, 4) is 5.75 Å². The predicted octanol–water partition coefficient (Wildman–Crippen LogP) is 1.29. The second kappa shape index (κ2) is 8.02. The van der Waals surface area contributed by atoms with E-state index in [1.807, 2.05) is 24.3 Å². The lowest BCUT2D eigenvalue weighted by Crippen LogP contribution is -2.37. The second-order valence-electron chi connectivity index (χ2n) is 4.69. The summed E-state index contributed by atoms with van der Waals surface area (Å²) >= 11 is 0. The Labute approximate surface area is 129 Å². The molecular formula is C15H21N5O2. The van der Waals surface area contributed by atoms with Crippen LogP contribution in [0.15, 0.2) is 33.8 Å². The lowest BCUT2D eigenvalue weighted by Gasteiger charge is -2.11. The van der Waals surface area contributed by atoms with Gasteiger partial charge in [-0.15, -0.1) is 0 Å². The van der Waals surface area contributed by atoms with E-state index in [9.17, 15) is 0 Å². The Bertz CT molecular complexity index is 607. The van der Waals surface area contributed by atoms with E-state index in [1.54, 1.807) is 21.1 Å². The summed E-state index contributed by atoms with van der Waals surface area (Å²) in [6.45, 7) is 3.16. The van der Waals surface area contributed by atoms with E-state index in [0.717, 1.165) is 17.3 Å². The van der Waals surface area contributed by atoms with E-state index in [0.29, 0.717) is 31.2 Å². The summed E-state index contributed by atoms with van der Waals surface area (Å²) in [6, 6.07) is 7.90. The van der Waals surface area contributed by atoms with Crippen molar-refractivity contribution < 1.29 is 9.26 Å². The van der Waals surface area contributed by atoms with Crippen molar-refractivity contribution in [2.24, 2.45) is 4.99 Å². The lowest BCUT2D eigenvalue weighted by molar-refractivity contribution is 0.374. The molecule has 22 heavy (non-hydrogen) atoms. The molecule has 2 rings (SSSR count). The topological polar surface area (TPSA) is 84.6 Å². The van der Waals surface area contributed by atoms with Gasteiger partial charge >= 0.3 is 0 Å². The highest BCUT2D eigenvalue weighted by atomic mass is 16.5. The molecule has 0 saturated carbocycles. The van der Waals surface area contributed by atoms with Gasteiger partial charge in [-0.2, -0.15) is 4.98 Å². The van der Waals surface area contributed by atoms with Crippen LogP contribution in [0, 0.1) is 6.92 Å². The van der Waals surface area contributed by atoms with Crippen molar-refractivity contribution in [3.05, 3.63) is 41.5 Å². The van der Waals surface area contributed by atoms with Gasteiger partial charge in [-0.1, -0.05) is 17.3 Å². The van der Waals surface area contributed by atoms with Gasteiger partial charge in [0.15, 0.2) is 11.8 Å². The number of benzene rings is 1. The van der Waals surface area contributed by atoms with Gasteiger partial charge in [0.1, 0.15) is 5.75 Å². The average molecular weight is 303 g/mol. The highest BCUT2D eigenvalue weighted by Gasteiger charge is 2.03. The molecule has 0 aliphatic rings. The fraction of sp³-hybridized carbons (Fsp3) is 0.400. The summed E-state index contributed by atoms with van der Waals surface area (Å²) < 4.78 is 10.2. The smallest absolute Gasteiger partial charge is 0.228 e. The van der Waals surface area contributed by atoms with E-state index in [4.69, 9.17) is 9.26 Å². The summed E-state index contributed by atoms with van der Waals surface area (Å²) in [5.41, 5.74) is 1.15. The molecular weight excluding hydrogens is 282 g/mol. The molecule has 0 amide bonds. The largest absolute Gasteiger partial charge is 0.497 e. The zero-order chi connectivity index (χ0) is 15.8. The van der Waals surface area contributed by atoms with Crippen LogP contribution in [0.2, 0.25) is 0 Å². The highest BCUT2D eigenvalue weighted by molar-refractivity contribution is 5.79. The van der Waals surface area contributed by atoms with Gasteiger partial charge in [-0.05, 0) is 24.6 Å². The number of hydrogen-bond acceptors (Lipinski definition) is 5. The first-order chi connectivity index (χ1) is 10.7. The number of rotatable bonds is 6. The van der Waals surface area contributed by atoms with E-state index in [2.05, 4.69) is 25.8 Å². The van der Waals surface area contributed by atoms with Gasteiger partial charge in [0, 0.05) is 26.6 Å². The normalized spacial score (nSPS) is 11.3. The van der Waals surface area contributed by atoms with Crippen LogP contribution in [0.4, 0.5) is 0 Å². The number of hydrogen-bond donors (Lipinski definition) is 2. The zero-order valence-electron chi connectivity index (χ0n) is 13.1. The molecule has 7 heteroatoms. The van der Waals surface area contributed by atoms with Gasteiger partial charge in [-0.25, -0.2) is 0 Å². The van der Waals surface area contributed by atoms with Gasteiger partial charge in [0.25, 0.3) is 0 Å². The molecule has 0 aliphatic heterocycles. The molecule has 0 bridgehead atoms. The molecule has 0 saturated heterocycles. The van der Waals surface area contributed by atoms with E-state index in [-0.39, 0.29) is 0 Å². The van der Waals surface area contributed by atoms with Crippen LogP contribution < -0.4 is 15.4 Å². The molecule has 2 aromatic rings. The van der Waals surface area contributed by atoms with Crippen LogP contribution >= 0.6 is 0 Å². The van der Waals surface area contributed by atoms with Crippen LogP contribution in [0.25, 0.3) is 0 Å². The number of nitrogens with one attached hydrogen (secondary N) is 2. The van der Waals surface area contributed by atoms with Crippen LogP contribution in [-0.4, -0.2) is 36.8 Å². The van der Waals surface area contributed by atoms with E-state index in [1.165, 1.54) is 0 Å². The molecule has 7 nitrogen and oxygen atoms in total. The molecule has 0 radical (unpaired) electrons. The van der Waals surface area contributed by atoms with Crippen molar-refractivity contribution in [2.45, 2.75) is 19.9 Å². The maximum absolute atomic E-state index is 5.14. The lowest BCUT2D eigenvalue weighted by atomic mass is 10.2. The third-order valence-electron chi connectivity index (χ3n) is 3.04. The van der Waals surface area contributed by atoms with Crippen molar-refractivity contribution in [1.29, 1.82) is 0 Å². The van der Waals surface area contributed by atoms with Gasteiger partial charge in [0.05, 0.1) is 7.11 Å². The Balaban J connectivity index is 1.74. The molecule has 0 aliphatic carbocycles. The predicted molar refractivity (Wildman–Crippen MR) is 83.9 cm³/mol. The Kier molecular flexibility index (Phi) is 5.76. The second-order valence-corrected chi connectivity index (χ2v) is 4.69. The summed E-state index contributed by atoms with van der Waals surface area (Å²) in [5, 5.41) is 10.2. The fourth-order valence-electron chi connectivity index (χ4n) is 1.88. The Morgan fingerprint density at radius 3 is 2.64 bits per heavy atom. The average Bonchev–Trinajstić information content (AvgIpc) is 2.96. The third-order valence-corrected chi connectivity index (χ3v) is 3.04. The minimum Gasteiger partial charge on any atom is -0.497 e. The van der Waals surface area contributed by atoms with Crippen molar-refractivity contribution in [1.82, 2.24) is 20.8 Å². The first-order valence-corrected chi connectivity index (χ1v) is 7.08. The minimum atomic E-state index is 0.621. The summed E-state index contributed by atoms with van der Waals surface area (Å²) in [6.07, 6.45) is 0.657. The summed E-state index contributed by atoms with van der Waals surface area (Å²) in [5.74, 6) is 2.85. The van der Waals surface area contributed by atoms with Crippen molar-refractivity contribution in [3.63, 3.8) is 0 Å². The summed E-state index contributed by atoms with van der Waals surface area (Å²) in [7, 11) is 3.39. The van der Waals surface area contributed by atoms with Crippen LogP contribution in [-0.2, 0) is 13.0 Å². The number of methoxy groups -OCH3 is 1. The molecule has 0 unspecified atom stereocenters. The van der Waals surface area contributed by atoms with Crippen molar-refractivity contribution >= 4 is 5.96 Å². The fourth-order valence-corrected chi connectivity index (χ4v) is 1.88. The number of aromatic nitrogens is 2. The summed E-state index contributed by atoms with van der Waals surface area (Å²) in [4.78, 5) is 8.33. The molecule has 0 fully saturated rings. The maximum Gasteiger partial charge on any atom is 0.228 e. The number of ether oxygens (including phenoxy) is 1. The zero-order valence-corrected chi connectivity index (χ0v) is 13.1. The van der Waals surface area contributed by atoms with Crippen LogP contribution in [0.1, 0.15) is 17.3 Å². The van der Waals surface area contributed by atoms with E-state index < -0.39 is 0 Å². The van der Waals surface area contributed by atoms with Gasteiger partial charge in [-0.3, -0.25) is 4.99 Å². The molecule has 118 valence electrons. The van der Waals surface area contributed by atoms with Crippen molar-refractivity contribution in [2.75, 3.05) is 20.7 Å². The van der Waals surface area contributed by atoms with Gasteiger partial charge in [0.2, 0.25) is 5.89 Å². The van der Waals surface area contributed by atoms with E-state index >= 15 is 0 Å². The molecule has 1 aromatic heterocycles. The monoisotopic (exact) mass is 303 g/mol. The van der Waals surface area contributed by atoms with Gasteiger partial charge < -0.3 is 19.9 Å². The number of aliphatic imine (C=N–C) groups is 1. The SMILES string of the molecule is CN=C(NCCc1nc(C)no1)NCc1ccc(OC)cc1.